The van der Waals surface area contributed by atoms with Crippen LogP contribution in [0.4, 0.5) is 4.39 Å². The number of pyridine rings is 1. The Morgan fingerprint density at radius 3 is 2.81 bits per heavy atom. The molecule has 0 amide bonds. The highest BCUT2D eigenvalue weighted by Gasteiger charge is 2.16. The number of benzene rings is 2. The molecule has 2 N–H and O–H groups in total. The van der Waals surface area contributed by atoms with E-state index in [0.29, 0.717) is 42.8 Å². The molecule has 5 rings (SSSR count). The largest absolute Gasteiger partial charge is 0.332 e. The Balaban J connectivity index is 1.84. The number of rotatable bonds is 2. The molecule has 0 aliphatic rings. The number of imidazole rings is 1. The van der Waals surface area contributed by atoms with Crippen molar-refractivity contribution >= 4 is 55.9 Å². The zero-order valence-electron chi connectivity index (χ0n) is 13.5. The lowest BCUT2D eigenvalue weighted by atomic mass is 10.0. The maximum atomic E-state index is 13.9. The Hall–Kier alpha value is -2.97. The van der Waals surface area contributed by atoms with E-state index in [2.05, 4.69) is 24.9 Å². The van der Waals surface area contributed by atoms with E-state index in [0.717, 1.165) is 0 Å². The first-order chi connectivity index (χ1) is 13.1. The topological polar surface area (TPSA) is 87.3 Å². The molecule has 0 radical (unpaired) electrons. The van der Waals surface area contributed by atoms with Gasteiger partial charge in [-0.3, -0.25) is 9.78 Å². The van der Waals surface area contributed by atoms with Gasteiger partial charge in [0.15, 0.2) is 5.16 Å². The lowest BCUT2D eigenvalue weighted by molar-refractivity contribution is 0.630. The van der Waals surface area contributed by atoms with Crippen molar-refractivity contribution in [3.63, 3.8) is 0 Å². The van der Waals surface area contributed by atoms with Gasteiger partial charge in [-0.25, -0.2) is 14.4 Å². The van der Waals surface area contributed by atoms with Crippen molar-refractivity contribution in [3.05, 3.63) is 64.2 Å². The van der Waals surface area contributed by atoms with Crippen molar-refractivity contribution in [2.75, 3.05) is 0 Å². The first-order valence-corrected chi connectivity index (χ1v) is 9.07. The molecule has 3 heterocycles. The summed E-state index contributed by atoms with van der Waals surface area (Å²) in [5, 5.41) is 3.74. The predicted octanol–water partition coefficient (Wildman–Crippen LogP) is 4.29. The number of hydrogen-bond donors (Lipinski definition) is 2. The van der Waals surface area contributed by atoms with E-state index in [9.17, 15) is 9.18 Å². The molecule has 2 aromatic carbocycles. The summed E-state index contributed by atoms with van der Waals surface area (Å²) in [6.07, 6.45) is 4.59. The molecule has 0 saturated heterocycles. The number of fused-ring (bicyclic) bond motifs is 6. The van der Waals surface area contributed by atoms with E-state index in [-0.39, 0.29) is 10.7 Å². The summed E-state index contributed by atoms with van der Waals surface area (Å²) in [6.45, 7) is 0. The van der Waals surface area contributed by atoms with E-state index in [1.54, 1.807) is 24.5 Å². The lowest BCUT2D eigenvalue weighted by Gasteiger charge is -2.05. The quantitative estimate of drug-likeness (QED) is 0.434. The van der Waals surface area contributed by atoms with Crippen LogP contribution >= 0.6 is 23.4 Å². The van der Waals surface area contributed by atoms with Gasteiger partial charge in [0.2, 0.25) is 0 Å². The molecule has 0 fully saturated rings. The van der Waals surface area contributed by atoms with E-state index >= 15 is 0 Å². The number of hydrogen-bond acceptors (Lipinski definition) is 5. The van der Waals surface area contributed by atoms with Crippen LogP contribution in [-0.2, 0) is 0 Å². The number of nitrogens with one attached hydrogen (secondary N) is 2. The molecule has 6 nitrogen and oxygen atoms in total. The van der Waals surface area contributed by atoms with Gasteiger partial charge in [0.1, 0.15) is 16.0 Å². The summed E-state index contributed by atoms with van der Waals surface area (Å²) < 4.78 is 13.9. The van der Waals surface area contributed by atoms with Gasteiger partial charge in [0.25, 0.3) is 5.56 Å². The first-order valence-electron chi connectivity index (χ1n) is 7.88. The van der Waals surface area contributed by atoms with Crippen LogP contribution in [0.5, 0.6) is 0 Å². The Morgan fingerprint density at radius 2 is 1.96 bits per heavy atom. The van der Waals surface area contributed by atoms with E-state index in [1.807, 2.05) is 0 Å². The predicted molar refractivity (Wildman–Crippen MR) is 103 cm³/mol. The van der Waals surface area contributed by atoms with Gasteiger partial charge >= 0.3 is 0 Å². The summed E-state index contributed by atoms with van der Waals surface area (Å²) >= 11 is 7.15. The van der Waals surface area contributed by atoms with Crippen LogP contribution < -0.4 is 5.56 Å². The number of aromatic amines is 2. The maximum Gasteiger partial charge on any atom is 0.256 e. The molecular weight excluding hydrogens is 389 g/mol. The molecule has 0 aliphatic heterocycles. The fourth-order valence-corrected chi connectivity index (χ4v) is 4.09. The van der Waals surface area contributed by atoms with Crippen molar-refractivity contribution in [1.29, 1.82) is 0 Å². The van der Waals surface area contributed by atoms with Crippen molar-refractivity contribution in [3.8, 4) is 0 Å². The van der Waals surface area contributed by atoms with Gasteiger partial charge in [0, 0.05) is 22.4 Å². The first kappa shape index (κ1) is 16.2. The highest BCUT2D eigenvalue weighted by atomic mass is 35.5. The van der Waals surface area contributed by atoms with E-state index in [1.165, 1.54) is 30.1 Å². The molecule has 5 aromatic rings. The fraction of sp³-hybridized carbons (Fsp3) is 0. The van der Waals surface area contributed by atoms with Gasteiger partial charge in [0.05, 0.1) is 28.8 Å². The Kier molecular flexibility index (Phi) is 3.63. The van der Waals surface area contributed by atoms with Gasteiger partial charge in [-0.1, -0.05) is 11.6 Å². The van der Waals surface area contributed by atoms with Crippen LogP contribution in [0, 0.1) is 5.82 Å². The standard InChI is InChI=1S/C18H9ClFN5OS/c19-12-6-21-7-13(23-12)27-18-24-15-9-2-1-8(20)5-11(9)14-10(16(15)25-18)3-4-22-17(14)26/h1-7H,(H,22,26)(H,24,25). The van der Waals surface area contributed by atoms with Gasteiger partial charge < -0.3 is 9.97 Å². The average molecular weight is 398 g/mol. The normalized spacial score (nSPS) is 11.6. The van der Waals surface area contributed by atoms with Crippen LogP contribution in [0.2, 0.25) is 5.15 Å². The van der Waals surface area contributed by atoms with E-state index < -0.39 is 5.82 Å². The third-order valence-corrected chi connectivity index (χ3v) is 5.18. The second kappa shape index (κ2) is 6.04. The fourth-order valence-electron chi connectivity index (χ4n) is 3.15. The molecule has 0 unspecified atom stereocenters. The molecular formula is C18H9ClFN5OS. The lowest BCUT2D eigenvalue weighted by Crippen LogP contribution is -2.05. The highest BCUT2D eigenvalue weighted by molar-refractivity contribution is 7.99. The van der Waals surface area contributed by atoms with Gasteiger partial charge in [-0.2, -0.15) is 0 Å². The molecule has 0 atom stereocenters. The summed E-state index contributed by atoms with van der Waals surface area (Å²) in [7, 11) is 0. The van der Waals surface area contributed by atoms with E-state index in [4.69, 9.17) is 11.6 Å². The monoisotopic (exact) mass is 397 g/mol. The number of halogens is 2. The number of nitrogens with zero attached hydrogens (tertiary/aromatic N) is 3. The Bertz CT molecular complexity index is 1410. The molecule has 0 saturated carbocycles. The van der Waals surface area contributed by atoms with Crippen molar-refractivity contribution in [1.82, 2.24) is 24.9 Å². The smallest absolute Gasteiger partial charge is 0.256 e. The summed E-state index contributed by atoms with van der Waals surface area (Å²) in [5.41, 5.74) is 1.07. The van der Waals surface area contributed by atoms with Crippen molar-refractivity contribution in [2.45, 2.75) is 10.2 Å². The Morgan fingerprint density at radius 1 is 1.07 bits per heavy atom. The number of H-pyrrole nitrogens is 2. The Labute approximate surface area is 159 Å². The minimum Gasteiger partial charge on any atom is -0.332 e. The molecule has 3 aromatic heterocycles. The molecule has 0 aliphatic carbocycles. The highest BCUT2D eigenvalue weighted by Crippen LogP contribution is 2.35. The summed E-state index contributed by atoms with van der Waals surface area (Å²) in [5.74, 6) is -0.411. The van der Waals surface area contributed by atoms with Crippen LogP contribution in [-0.4, -0.2) is 24.9 Å². The molecule has 0 spiro atoms. The minimum atomic E-state index is -0.411. The SMILES string of the molecule is O=c1[nH]ccc2c3[nH]c(Sc4cncc(Cl)n4)nc3c3ccc(F)cc3c12. The zero-order valence-corrected chi connectivity index (χ0v) is 15.0. The number of aromatic nitrogens is 5. The minimum absolute atomic E-state index is 0.283. The van der Waals surface area contributed by atoms with Crippen molar-refractivity contribution < 1.29 is 4.39 Å². The third-order valence-electron chi connectivity index (χ3n) is 4.20. The summed E-state index contributed by atoms with van der Waals surface area (Å²) in [4.78, 5) is 31.2. The third kappa shape index (κ3) is 2.65. The van der Waals surface area contributed by atoms with Crippen LogP contribution in [0.1, 0.15) is 0 Å². The van der Waals surface area contributed by atoms with Crippen LogP contribution in [0.25, 0.3) is 32.6 Å². The van der Waals surface area contributed by atoms with Crippen LogP contribution in [0.15, 0.2) is 57.8 Å². The van der Waals surface area contributed by atoms with Crippen molar-refractivity contribution in [2.24, 2.45) is 0 Å². The van der Waals surface area contributed by atoms with Gasteiger partial charge in [-0.15, -0.1) is 0 Å². The molecule has 9 heteroatoms. The molecule has 132 valence electrons. The second-order valence-corrected chi connectivity index (χ2v) is 7.23. The molecule has 0 bridgehead atoms. The average Bonchev–Trinajstić information content (AvgIpc) is 3.05. The summed E-state index contributed by atoms with van der Waals surface area (Å²) in [6, 6.07) is 6.12. The zero-order chi connectivity index (χ0) is 18.5. The second-order valence-electron chi connectivity index (χ2n) is 5.83. The maximum absolute atomic E-state index is 13.9. The van der Waals surface area contributed by atoms with Gasteiger partial charge in [-0.05, 0) is 36.0 Å². The molecule has 27 heavy (non-hydrogen) atoms. The van der Waals surface area contributed by atoms with Crippen LogP contribution in [0.3, 0.4) is 0 Å².